The van der Waals surface area contributed by atoms with Gasteiger partial charge in [-0.05, 0) is 65.6 Å². The van der Waals surface area contributed by atoms with E-state index in [1.54, 1.807) is 50.6 Å². The predicted octanol–water partition coefficient (Wildman–Crippen LogP) is 5.10. The number of nitrogens with one attached hydrogen (secondary N) is 1. The van der Waals surface area contributed by atoms with Crippen LogP contribution in [0.15, 0.2) is 66.7 Å². The van der Waals surface area contributed by atoms with E-state index in [9.17, 15) is 14.4 Å². The van der Waals surface area contributed by atoms with E-state index in [1.807, 2.05) is 36.4 Å². The van der Waals surface area contributed by atoms with Gasteiger partial charge in [0, 0.05) is 6.07 Å². The summed E-state index contributed by atoms with van der Waals surface area (Å²) in [7, 11) is 4.42. The van der Waals surface area contributed by atoms with E-state index in [0.29, 0.717) is 40.6 Å². The second-order valence-electron chi connectivity index (χ2n) is 8.05. The standard InChI is InChI=1S/C28H25NO7S/c1-33-22-14-19(15-23(16-22)34-2)24(27(31)35-3)12-17-4-8-20(9-5-17)36-21-10-6-18(7-11-21)13-25-26(30)29-28(32)37-25/h4-12,14-16,25H,13H2,1-3H3,(H,29,30,32). The van der Waals surface area contributed by atoms with E-state index in [-0.39, 0.29) is 11.1 Å². The third-order valence-electron chi connectivity index (χ3n) is 5.61. The molecule has 1 N–H and O–H groups in total. The Labute approximate surface area is 218 Å². The van der Waals surface area contributed by atoms with Crippen molar-refractivity contribution in [1.29, 1.82) is 0 Å². The van der Waals surface area contributed by atoms with Crippen LogP contribution in [0.25, 0.3) is 11.6 Å². The van der Waals surface area contributed by atoms with Crippen LogP contribution >= 0.6 is 11.8 Å². The number of amides is 2. The van der Waals surface area contributed by atoms with E-state index in [4.69, 9.17) is 18.9 Å². The van der Waals surface area contributed by atoms with Crippen LogP contribution in [-0.4, -0.2) is 43.7 Å². The molecular formula is C28H25NO7S. The summed E-state index contributed by atoms with van der Waals surface area (Å²) in [5, 5.41) is 1.58. The molecule has 1 unspecified atom stereocenters. The van der Waals surface area contributed by atoms with E-state index in [2.05, 4.69) is 5.32 Å². The van der Waals surface area contributed by atoms with Gasteiger partial charge in [-0.2, -0.15) is 0 Å². The highest BCUT2D eigenvalue weighted by molar-refractivity contribution is 8.15. The summed E-state index contributed by atoms with van der Waals surface area (Å²) in [6.07, 6.45) is 2.19. The smallest absolute Gasteiger partial charge is 0.338 e. The molecule has 0 aliphatic carbocycles. The molecule has 0 radical (unpaired) electrons. The summed E-state index contributed by atoms with van der Waals surface area (Å²) >= 11 is 1.01. The zero-order chi connectivity index (χ0) is 26.4. The van der Waals surface area contributed by atoms with Crippen LogP contribution in [0.1, 0.15) is 16.7 Å². The van der Waals surface area contributed by atoms with Crippen molar-refractivity contribution in [1.82, 2.24) is 5.32 Å². The summed E-state index contributed by atoms with van der Waals surface area (Å²) in [6.45, 7) is 0. The number of imide groups is 1. The first-order valence-corrected chi connectivity index (χ1v) is 12.2. The minimum absolute atomic E-state index is 0.259. The van der Waals surface area contributed by atoms with Gasteiger partial charge in [0.1, 0.15) is 23.0 Å². The minimum Gasteiger partial charge on any atom is -0.497 e. The van der Waals surface area contributed by atoms with Crippen molar-refractivity contribution in [2.45, 2.75) is 11.7 Å². The van der Waals surface area contributed by atoms with Crippen molar-refractivity contribution >= 4 is 40.5 Å². The van der Waals surface area contributed by atoms with Crippen LogP contribution in [0.4, 0.5) is 4.79 Å². The fourth-order valence-electron chi connectivity index (χ4n) is 3.70. The quantitative estimate of drug-likeness (QED) is 0.237. The predicted molar refractivity (Wildman–Crippen MR) is 141 cm³/mol. The maximum atomic E-state index is 12.6. The number of carbonyl (C=O) groups excluding carboxylic acids is 3. The van der Waals surface area contributed by atoms with Gasteiger partial charge in [-0.15, -0.1) is 0 Å². The summed E-state index contributed by atoms with van der Waals surface area (Å²) < 4.78 is 21.6. The lowest BCUT2D eigenvalue weighted by Crippen LogP contribution is -2.25. The molecule has 1 aliphatic heterocycles. The average Bonchev–Trinajstić information content (AvgIpc) is 3.24. The summed E-state index contributed by atoms with van der Waals surface area (Å²) in [5.74, 6) is 1.60. The van der Waals surface area contributed by atoms with E-state index < -0.39 is 11.2 Å². The van der Waals surface area contributed by atoms with Crippen molar-refractivity contribution in [2.75, 3.05) is 21.3 Å². The molecule has 0 bridgehead atoms. The van der Waals surface area contributed by atoms with Gasteiger partial charge in [0.05, 0.1) is 32.2 Å². The second-order valence-corrected chi connectivity index (χ2v) is 9.23. The van der Waals surface area contributed by atoms with Gasteiger partial charge in [-0.3, -0.25) is 14.9 Å². The van der Waals surface area contributed by atoms with E-state index >= 15 is 0 Å². The number of hydrogen-bond acceptors (Lipinski definition) is 8. The summed E-state index contributed by atoms with van der Waals surface area (Å²) in [6, 6.07) is 19.8. The monoisotopic (exact) mass is 519 g/mol. The zero-order valence-corrected chi connectivity index (χ0v) is 21.3. The van der Waals surface area contributed by atoms with Crippen molar-refractivity contribution in [3.8, 4) is 23.0 Å². The molecule has 0 aromatic heterocycles. The molecule has 1 atom stereocenters. The lowest BCUT2D eigenvalue weighted by atomic mass is 10.0. The number of hydrogen-bond donors (Lipinski definition) is 1. The molecule has 37 heavy (non-hydrogen) atoms. The Kier molecular flexibility index (Phi) is 8.15. The van der Waals surface area contributed by atoms with Gasteiger partial charge < -0.3 is 18.9 Å². The van der Waals surface area contributed by atoms with Crippen LogP contribution in [0.2, 0.25) is 0 Å². The highest BCUT2D eigenvalue weighted by atomic mass is 32.2. The molecule has 0 saturated carbocycles. The van der Waals surface area contributed by atoms with Crippen LogP contribution in [0, 0.1) is 0 Å². The Morgan fingerprint density at radius 2 is 1.46 bits per heavy atom. The molecule has 1 heterocycles. The number of ether oxygens (including phenoxy) is 4. The average molecular weight is 520 g/mol. The van der Waals surface area contributed by atoms with Crippen molar-refractivity contribution in [3.05, 3.63) is 83.4 Å². The zero-order valence-electron chi connectivity index (χ0n) is 20.5. The maximum absolute atomic E-state index is 12.6. The third-order valence-corrected chi connectivity index (χ3v) is 6.59. The minimum atomic E-state index is -0.492. The van der Waals surface area contributed by atoms with E-state index in [1.165, 1.54) is 7.11 Å². The molecule has 1 aliphatic rings. The Morgan fingerprint density at radius 3 is 1.97 bits per heavy atom. The molecule has 1 fully saturated rings. The van der Waals surface area contributed by atoms with Crippen molar-refractivity contribution in [2.24, 2.45) is 0 Å². The Hall–Kier alpha value is -4.24. The normalized spacial score (nSPS) is 15.2. The van der Waals surface area contributed by atoms with E-state index in [0.717, 1.165) is 22.9 Å². The molecule has 2 amide bonds. The fraction of sp³-hybridized carbons (Fsp3) is 0.179. The van der Waals surface area contributed by atoms with Crippen LogP contribution in [-0.2, 0) is 20.7 Å². The number of esters is 1. The van der Waals surface area contributed by atoms with Gasteiger partial charge in [-0.1, -0.05) is 36.0 Å². The second kappa shape index (κ2) is 11.7. The molecule has 190 valence electrons. The highest BCUT2D eigenvalue weighted by Gasteiger charge is 2.31. The first-order valence-electron chi connectivity index (χ1n) is 11.3. The number of carbonyl (C=O) groups is 3. The van der Waals surface area contributed by atoms with Crippen molar-refractivity contribution in [3.63, 3.8) is 0 Å². The Bertz CT molecular complexity index is 1310. The topological polar surface area (TPSA) is 100 Å². The first-order chi connectivity index (χ1) is 17.9. The first kappa shape index (κ1) is 25.8. The van der Waals surface area contributed by atoms with Gasteiger partial charge >= 0.3 is 5.97 Å². The van der Waals surface area contributed by atoms with Gasteiger partial charge in [0.2, 0.25) is 5.91 Å². The Balaban J connectivity index is 1.48. The van der Waals surface area contributed by atoms with Gasteiger partial charge in [-0.25, -0.2) is 4.79 Å². The van der Waals surface area contributed by atoms with Gasteiger partial charge in [0.25, 0.3) is 5.24 Å². The van der Waals surface area contributed by atoms with Crippen molar-refractivity contribution < 1.29 is 33.3 Å². The van der Waals surface area contributed by atoms with Crippen LogP contribution < -0.4 is 19.5 Å². The van der Waals surface area contributed by atoms with Gasteiger partial charge in [0.15, 0.2) is 0 Å². The number of thioether (sulfide) groups is 1. The highest BCUT2D eigenvalue weighted by Crippen LogP contribution is 2.30. The van der Waals surface area contributed by atoms with Crippen LogP contribution in [0.5, 0.6) is 23.0 Å². The molecule has 3 aromatic carbocycles. The molecular weight excluding hydrogens is 494 g/mol. The van der Waals surface area contributed by atoms with Crippen LogP contribution in [0.3, 0.4) is 0 Å². The molecule has 9 heteroatoms. The molecule has 4 rings (SSSR count). The largest absolute Gasteiger partial charge is 0.497 e. The number of methoxy groups -OCH3 is 3. The number of benzene rings is 3. The summed E-state index contributed by atoms with van der Waals surface area (Å²) in [5.41, 5.74) is 2.65. The fourth-order valence-corrected chi connectivity index (χ4v) is 4.56. The SMILES string of the molecule is COC(=O)C(=Cc1ccc(Oc2ccc(CC3SC(=O)NC3=O)cc2)cc1)c1cc(OC)cc(OC)c1. The lowest BCUT2D eigenvalue weighted by molar-refractivity contribution is -0.133. The lowest BCUT2D eigenvalue weighted by Gasteiger charge is -2.11. The summed E-state index contributed by atoms with van der Waals surface area (Å²) in [4.78, 5) is 35.7. The molecule has 3 aromatic rings. The third kappa shape index (κ3) is 6.50. The molecule has 8 nitrogen and oxygen atoms in total. The maximum Gasteiger partial charge on any atom is 0.338 e. The molecule has 0 spiro atoms. The Morgan fingerprint density at radius 1 is 0.865 bits per heavy atom. The molecule has 1 saturated heterocycles. The number of rotatable bonds is 9.